The van der Waals surface area contributed by atoms with Gasteiger partial charge in [0.1, 0.15) is 34.6 Å². The number of nitrogens with zero attached hydrogens (tertiary/aromatic N) is 2. The number of nitrogen functional groups attached to an aromatic ring is 2. The molecule has 0 aliphatic rings. The monoisotopic (exact) mass is 410 g/mol. The molecular weight excluding hydrogens is 391 g/mol. The van der Waals surface area contributed by atoms with E-state index in [9.17, 15) is 0 Å². The van der Waals surface area contributed by atoms with E-state index < -0.39 is 0 Å². The zero-order valence-electron chi connectivity index (χ0n) is 13.6. The molecule has 0 spiro atoms. The minimum absolute atomic E-state index is 0. The van der Waals surface area contributed by atoms with Crippen molar-refractivity contribution in [2.75, 3.05) is 14.2 Å². The van der Waals surface area contributed by atoms with Gasteiger partial charge in [0.15, 0.2) is 0 Å². The third-order valence-corrected chi connectivity index (χ3v) is 2.49. The molecular formula is C14H21Cl3N6O2. The number of ether oxygens (including phenoxy) is 2. The third-order valence-electron chi connectivity index (χ3n) is 2.49. The van der Waals surface area contributed by atoms with Crippen LogP contribution in [0.4, 0.5) is 0 Å². The van der Waals surface area contributed by atoms with Gasteiger partial charge in [0.05, 0.1) is 14.2 Å². The van der Waals surface area contributed by atoms with Gasteiger partial charge in [-0.2, -0.15) is 0 Å². The average Bonchev–Trinajstić information content (AvgIpc) is 2.55. The maximum atomic E-state index is 7.07. The van der Waals surface area contributed by atoms with Crippen molar-refractivity contribution < 1.29 is 9.47 Å². The number of aromatic nitrogens is 2. The molecule has 2 heterocycles. The Morgan fingerprint density at radius 1 is 0.800 bits per heavy atom. The van der Waals surface area contributed by atoms with Crippen LogP contribution in [0.1, 0.15) is 11.4 Å². The molecule has 0 unspecified atom stereocenters. The van der Waals surface area contributed by atoms with E-state index in [0.717, 1.165) is 0 Å². The Balaban J connectivity index is -0.000000346. The molecule has 0 aromatic carbocycles. The van der Waals surface area contributed by atoms with Crippen molar-refractivity contribution in [1.29, 1.82) is 10.8 Å². The normalized spacial score (nSPS) is 8.08. The summed E-state index contributed by atoms with van der Waals surface area (Å²) >= 11 is 0. The summed E-state index contributed by atoms with van der Waals surface area (Å²) in [4.78, 5) is 7.71. The van der Waals surface area contributed by atoms with Gasteiger partial charge in [-0.1, -0.05) is 0 Å². The van der Waals surface area contributed by atoms with Crippen LogP contribution in [0.15, 0.2) is 36.7 Å². The van der Waals surface area contributed by atoms with Crippen molar-refractivity contribution in [3.63, 3.8) is 0 Å². The van der Waals surface area contributed by atoms with Crippen LogP contribution in [0.5, 0.6) is 11.5 Å². The van der Waals surface area contributed by atoms with Crippen molar-refractivity contribution in [2.45, 2.75) is 0 Å². The molecule has 0 bridgehead atoms. The summed E-state index contributed by atoms with van der Waals surface area (Å²) in [5.74, 6) is 1.21. The summed E-state index contributed by atoms with van der Waals surface area (Å²) in [6, 6.07) is 6.63. The number of amidine groups is 2. The minimum Gasteiger partial charge on any atom is -0.497 e. The van der Waals surface area contributed by atoms with E-state index in [4.69, 9.17) is 31.8 Å². The van der Waals surface area contributed by atoms with Gasteiger partial charge in [-0.25, -0.2) is 0 Å². The number of pyridine rings is 2. The molecule has 8 nitrogen and oxygen atoms in total. The van der Waals surface area contributed by atoms with Crippen LogP contribution in [0.3, 0.4) is 0 Å². The first-order valence-electron chi connectivity index (χ1n) is 6.16. The van der Waals surface area contributed by atoms with Gasteiger partial charge in [-0.15, -0.1) is 37.2 Å². The smallest absolute Gasteiger partial charge is 0.141 e. The Morgan fingerprint density at radius 2 is 1.12 bits per heavy atom. The summed E-state index contributed by atoms with van der Waals surface area (Å²) in [5, 5.41) is 14.1. The number of methoxy groups -OCH3 is 2. The predicted molar refractivity (Wildman–Crippen MR) is 105 cm³/mol. The Morgan fingerprint density at radius 3 is 1.36 bits per heavy atom. The van der Waals surface area contributed by atoms with Crippen LogP contribution in [-0.2, 0) is 0 Å². The fourth-order valence-corrected chi connectivity index (χ4v) is 1.37. The third kappa shape index (κ3) is 9.55. The Kier molecular flexibility index (Phi) is 15.5. The lowest BCUT2D eigenvalue weighted by Crippen LogP contribution is -2.12. The topological polar surface area (TPSA) is 144 Å². The molecule has 0 aliphatic heterocycles. The van der Waals surface area contributed by atoms with E-state index in [-0.39, 0.29) is 48.9 Å². The number of rotatable bonds is 4. The highest BCUT2D eigenvalue weighted by Crippen LogP contribution is 2.09. The van der Waals surface area contributed by atoms with Gasteiger partial charge in [-0.3, -0.25) is 20.8 Å². The number of hydrogen-bond acceptors (Lipinski definition) is 6. The zero-order chi connectivity index (χ0) is 16.5. The van der Waals surface area contributed by atoms with Crippen molar-refractivity contribution in [1.82, 2.24) is 9.97 Å². The van der Waals surface area contributed by atoms with E-state index in [1.807, 2.05) is 0 Å². The van der Waals surface area contributed by atoms with E-state index >= 15 is 0 Å². The second-order valence-electron chi connectivity index (χ2n) is 3.99. The standard InChI is InChI=1S/2C7H9N3O.3ClH/c2*1-11-5-2-3-10-6(4-5)7(8)9;;;/h2*2-4H,1H3,(H3,8,9);3*1H. The summed E-state index contributed by atoms with van der Waals surface area (Å²) in [5.41, 5.74) is 11.3. The van der Waals surface area contributed by atoms with Gasteiger partial charge >= 0.3 is 0 Å². The SMILES string of the molecule is COc1ccnc(C(=N)N)c1.COc1ccnc(C(=N)N)c1.Cl.Cl.Cl. The molecule has 0 atom stereocenters. The Labute approximate surface area is 164 Å². The minimum atomic E-state index is -0.0519. The van der Waals surface area contributed by atoms with Crippen LogP contribution in [0, 0.1) is 10.8 Å². The van der Waals surface area contributed by atoms with Gasteiger partial charge in [0.2, 0.25) is 0 Å². The van der Waals surface area contributed by atoms with Crippen LogP contribution in [0.25, 0.3) is 0 Å². The molecule has 0 saturated heterocycles. The lowest BCUT2D eigenvalue weighted by atomic mass is 10.3. The number of hydrogen-bond donors (Lipinski definition) is 4. The van der Waals surface area contributed by atoms with Crippen LogP contribution in [0.2, 0.25) is 0 Å². The molecule has 0 amide bonds. The molecule has 0 aliphatic carbocycles. The number of nitrogens with two attached hydrogens (primary N) is 2. The van der Waals surface area contributed by atoms with E-state index in [2.05, 4.69) is 9.97 Å². The molecule has 0 radical (unpaired) electrons. The quantitative estimate of drug-likeness (QED) is 0.447. The van der Waals surface area contributed by atoms with E-state index in [1.54, 1.807) is 50.9 Å². The van der Waals surface area contributed by atoms with Crippen molar-refractivity contribution >= 4 is 48.9 Å². The fraction of sp³-hybridized carbons (Fsp3) is 0.143. The van der Waals surface area contributed by atoms with Gasteiger partial charge in [0, 0.05) is 24.5 Å². The molecule has 0 fully saturated rings. The summed E-state index contributed by atoms with van der Waals surface area (Å²) in [7, 11) is 3.11. The Hall–Kier alpha value is -2.29. The maximum absolute atomic E-state index is 7.07. The van der Waals surface area contributed by atoms with Crippen LogP contribution in [-0.4, -0.2) is 35.9 Å². The molecule has 140 valence electrons. The molecule has 2 aromatic rings. The summed E-state index contributed by atoms with van der Waals surface area (Å²) in [6.45, 7) is 0. The highest BCUT2D eigenvalue weighted by molar-refractivity contribution is 5.93. The first kappa shape index (κ1) is 27.6. The Bertz CT molecular complexity index is 615. The average molecular weight is 412 g/mol. The summed E-state index contributed by atoms with van der Waals surface area (Å²) < 4.78 is 9.83. The summed E-state index contributed by atoms with van der Waals surface area (Å²) in [6.07, 6.45) is 3.10. The van der Waals surface area contributed by atoms with Crippen LogP contribution < -0.4 is 20.9 Å². The molecule has 6 N–H and O–H groups in total. The molecule has 11 heteroatoms. The van der Waals surface area contributed by atoms with Gasteiger partial charge in [-0.05, 0) is 12.1 Å². The highest BCUT2D eigenvalue weighted by Gasteiger charge is 1.99. The zero-order valence-corrected chi connectivity index (χ0v) is 16.0. The van der Waals surface area contributed by atoms with E-state index in [0.29, 0.717) is 22.9 Å². The fourth-order valence-electron chi connectivity index (χ4n) is 1.37. The molecule has 25 heavy (non-hydrogen) atoms. The first-order valence-corrected chi connectivity index (χ1v) is 6.16. The lowest BCUT2D eigenvalue weighted by Gasteiger charge is -2.00. The largest absolute Gasteiger partial charge is 0.497 e. The highest BCUT2D eigenvalue weighted by atomic mass is 35.5. The predicted octanol–water partition coefficient (Wildman–Crippen LogP) is 2.01. The van der Waals surface area contributed by atoms with Crippen molar-refractivity contribution in [2.24, 2.45) is 11.5 Å². The van der Waals surface area contributed by atoms with Gasteiger partial charge < -0.3 is 20.9 Å². The molecule has 0 saturated carbocycles. The van der Waals surface area contributed by atoms with Gasteiger partial charge in [0.25, 0.3) is 0 Å². The van der Waals surface area contributed by atoms with Crippen LogP contribution >= 0.6 is 37.2 Å². The number of nitrogens with one attached hydrogen (secondary N) is 2. The second-order valence-corrected chi connectivity index (χ2v) is 3.99. The second kappa shape index (κ2) is 14.1. The lowest BCUT2D eigenvalue weighted by molar-refractivity contribution is 0.414. The van der Waals surface area contributed by atoms with Crippen molar-refractivity contribution in [3.05, 3.63) is 48.0 Å². The maximum Gasteiger partial charge on any atom is 0.141 e. The molecule has 2 aromatic heterocycles. The van der Waals surface area contributed by atoms with Crippen molar-refractivity contribution in [3.8, 4) is 11.5 Å². The number of halogens is 3. The first-order chi connectivity index (χ1) is 10.5. The van der Waals surface area contributed by atoms with E-state index in [1.165, 1.54) is 0 Å². The molecule has 2 rings (SSSR count).